The largest absolute Gasteiger partial charge is 0.423 e. The lowest BCUT2D eigenvalue weighted by Crippen LogP contribution is -2.03. The molecule has 0 atom stereocenters. The molecule has 0 radical (unpaired) electrons. The first-order valence-electron chi connectivity index (χ1n) is 9.83. The molecule has 0 unspecified atom stereocenters. The molecule has 6 aromatic rings. The zero-order valence-corrected chi connectivity index (χ0v) is 16.6. The molecular formula is C23H14N8O. The second-order valence-electron chi connectivity index (χ2n) is 6.99. The lowest BCUT2D eigenvalue weighted by Gasteiger charge is -2.08. The van der Waals surface area contributed by atoms with Crippen LogP contribution in [0.2, 0.25) is 0 Å². The second kappa shape index (κ2) is 7.47. The molecule has 0 saturated carbocycles. The summed E-state index contributed by atoms with van der Waals surface area (Å²) in [5.74, 6) is 1.04. The molecule has 0 bridgehead atoms. The Hall–Kier alpha value is -4.79. The summed E-state index contributed by atoms with van der Waals surface area (Å²) in [5, 5.41) is 26.0. The summed E-state index contributed by atoms with van der Waals surface area (Å²) in [6.45, 7) is 0. The number of para-hydroxylation sites is 1. The molecule has 6 rings (SSSR count). The summed E-state index contributed by atoms with van der Waals surface area (Å²) in [7, 11) is 0. The van der Waals surface area contributed by atoms with Gasteiger partial charge in [-0.2, -0.15) is 5.10 Å². The number of fused-ring (bicyclic) bond motifs is 3. The van der Waals surface area contributed by atoms with Crippen LogP contribution in [0.3, 0.4) is 0 Å². The molecule has 3 aromatic carbocycles. The molecule has 0 N–H and O–H groups in total. The number of ether oxygens (including phenoxy) is 1. The van der Waals surface area contributed by atoms with Crippen molar-refractivity contribution in [2.75, 3.05) is 0 Å². The molecule has 0 amide bonds. The minimum atomic E-state index is 0.196. The zero-order valence-electron chi connectivity index (χ0n) is 16.6. The molecule has 0 saturated heterocycles. The van der Waals surface area contributed by atoms with Gasteiger partial charge in [-0.05, 0) is 35.4 Å². The smallest absolute Gasteiger partial charge is 0.341 e. The van der Waals surface area contributed by atoms with Gasteiger partial charge in [0.1, 0.15) is 5.75 Å². The quantitative estimate of drug-likeness (QED) is 0.423. The van der Waals surface area contributed by atoms with E-state index in [4.69, 9.17) is 4.74 Å². The molecule has 9 nitrogen and oxygen atoms in total. The van der Waals surface area contributed by atoms with Gasteiger partial charge in [-0.3, -0.25) is 4.57 Å². The van der Waals surface area contributed by atoms with Crippen molar-refractivity contribution in [2.45, 2.75) is 0 Å². The first-order valence-corrected chi connectivity index (χ1v) is 9.83. The molecule has 152 valence electrons. The lowest BCUT2D eigenvalue weighted by molar-refractivity contribution is 0.433. The van der Waals surface area contributed by atoms with E-state index in [1.165, 1.54) is 18.7 Å². The summed E-state index contributed by atoms with van der Waals surface area (Å²) < 4.78 is 7.71. The highest BCUT2D eigenvalue weighted by Gasteiger charge is 2.15. The standard InChI is InChI=1S/C23H14N8O/c1-2-7-20-18(6-1)19-9-8-16(13-21(19)31(20)22-28-26-14-27-29-22)15-4-3-5-17(12-15)32-23-24-10-11-25-30-23/h1-14H. The molecular weight excluding hydrogens is 404 g/mol. The van der Waals surface area contributed by atoms with E-state index in [0.29, 0.717) is 11.7 Å². The Balaban J connectivity index is 1.50. The van der Waals surface area contributed by atoms with Crippen molar-refractivity contribution in [3.63, 3.8) is 0 Å². The van der Waals surface area contributed by atoms with Gasteiger partial charge >= 0.3 is 6.01 Å². The Labute approximate surface area is 181 Å². The van der Waals surface area contributed by atoms with E-state index < -0.39 is 0 Å². The predicted octanol–water partition coefficient (Wildman–Crippen LogP) is 4.01. The van der Waals surface area contributed by atoms with Gasteiger partial charge in [-0.1, -0.05) is 47.6 Å². The first kappa shape index (κ1) is 18.0. The number of nitrogens with zero attached hydrogens (tertiary/aromatic N) is 8. The van der Waals surface area contributed by atoms with Crippen molar-refractivity contribution in [3.8, 4) is 28.8 Å². The Kier molecular flexibility index (Phi) is 4.21. The third kappa shape index (κ3) is 3.08. The van der Waals surface area contributed by atoms with E-state index in [1.807, 2.05) is 47.0 Å². The van der Waals surface area contributed by atoms with Crippen LogP contribution in [0.1, 0.15) is 0 Å². The number of rotatable bonds is 4. The first-order chi connectivity index (χ1) is 15.9. The molecule has 0 spiro atoms. The van der Waals surface area contributed by atoms with Gasteiger partial charge in [0.2, 0.25) is 0 Å². The Morgan fingerprint density at radius 3 is 2.38 bits per heavy atom. The van der Waals surface area contributed by atoms with E-state index in [-0.39, 0.29) is 6.01 Å². The second-order valence-corrected chi connectivity index (χ2v) is 6.99. The summed E-state index contributed by atoms with van der Waals surface area (Å²) in [6.07, 6.45) is 4.35. The molecule has 0 aliphatic rings. The SMILES string of the molecule is c1cc(Oc2nccnn2)cc(-c2ccc3c4ccccc4n(-c4nncnn4)c3c2)c1. The van der Waals surface area contributed by atoms with Crippen LogP contribution in [-0.4, -0.2) is 40.1 Å². The average Bonchev–Trinajstić information content (AvgIpc) is 3.19. The van der Waals surface area contributed by atoms with Crippen molar-refractivity contribution in [3.05, 3.63) is 85.5 Å². The lowest BCUT2D eigenvalue weighted by atomic mass is 10.0. The summed E-state index contributed by atoms with van der Waals surface area (Å²) in [6, 6.07) is 22.3. The van der Waals surface area contributed by atoms with Gasteiger partial charge in [-0.25, -0.2) is 4.98 Å². The number of hydrogen-bond acceptors (Lipinski definition) is 8. The van der Waals surface area contributed by atoms with E-state index in [2.05, 4.69) is 59.8 Å². The molecule has 9 heteroatoms. The van der Waals surface area contributed by atoms with Crippen molar-refractivity contribution < 1.29 is 4.74 Å². The van der Waals surface area contributed by atoms with Gasteiger partial charge in [0.25, 0.3) is 5.95 Å². The maximum Gasteiger partial charge on any atom is 0.341 e. The predicted molar refractivity (Wildman–Crippen MR) is 117 cm³/mol. The summed E-state index contributed by atoms with van der Waals surface area (Å²) in [4.78, 5) is 4.06. The maximum absolute atomic E-state index is 5.74. The maximum atomic E-state index is 5.74. The Morgan fingerprint density at radius 2 is 1.50 bits per heavy atom. The molecule has 3 heterocycles. The van der Waals surface area contributed by atoms with Crippen LogP contribution in [0.25, 0.3) is 38.9 Å². The van der Waals surface area contributed by atoms with Crippen molar-refractivity contribution in [1.82, 2.24) is 40.1 Å². The topological polar surface area (TPSA) is 104 Å². The fourth-order valence-electron chi connectivity index (χ4n) is 3.78. The fraction of sp³-hybridized carbons (Fsp3) is 0. The van der Waals surface area contributed by atoms with Gasteiger partial charge < -0.3 is 4.74 Å². The molecule has 0 aliphatic carbocycles. The third-order valence-electron chi connectivity index (χ3n) is 5.11. The van der Waals surface area contributed by atoms with Gasteiger partial charge in [0, 0.05) is 10.8 Å². The van der Waals surface area contributed by atoms with Gasteiger partial charge in [-0.15, -0.1) is 20.4 Å². The van der Waals surface area contributed by atoms with Crippen LogP contribution in [0.5, 0.6) is 11.8 Å². The average molecular weight is 418 g/mol. The highest BCUT2D eigenvalue weighted by molar-refractivity contribution is 6.09. The number of benzene rings is 3. The van der Waals surface area contributed by atoms with Crippen LogP contribution < -0.4 is 4.74 Å². The summed E-state index contributed by atoms with van der Waals surface area (Å²) >= 11 is 0. The Bertz CT molecular complexity index is 1550. The van der Waals surface area contributed by atoms with Crippen LogP contribution in [0.15, 0.2) is 85.5 Å². The minimum absolute atomic E-state index is 0.196. The third-order valence-corrected chi connectivity index (χ3v) is 5.11. The van der Waals surface area contributed by atoms with Crippen LogP contribution in [0.4, 0.5) is 0 Å². The molecule has 0 fully saturated rings. The van der Waals surface area contributed by atoms with E-state index in [9.17, 15) is 0 Å². The number of aromatic nitrogens is 8. The van der Waals surface area contributed by atoms with Crippen molar-refractivity contribution >= 4 is 21.8 Å². The van der Waals surface area contributed by atoms with E-state index in [1.54, 1.807) is 0 Å². The highest BCUT2D eigenvalue weighted by Crippen LogP contribution is 2.34. The highest BCUT2D eigenvalue weighted by atomic mass is 16.5. The van der Waals surface area contributed by atoms with Crippen LogP contribution in [0, 0.1) is 0 Å². The van der Waals surface area contributed by atoms with Crippen molar-refractivity contribution in [2.24, 2.45) is 0 Å². The summed E-state index contributed by atoms with van der Waals surface area (Å²) in [5.41, 5.74) is 3.94. The fourth-order valence-corrected chi connectivity index (χ4v) is 3.78. The zero-order chi connectivity index (χ0) is 21.3. The normalized spacial score (nSPS) is 11.1. The van der Waals surface area contributed by atoms with Crippen LogP contribution in [-0.2, 0) is 0 Å². The van der Waals surface area contributed by atoms with Crippen molar-refractivity contribution in [1.29, 1.82) is 0 Å². The minimum Gasteiger partial charge on any atom is -0.423 e. The van der Waals surface area contributed by atoms with Crippen LogP contribution >= 0.6 is 0 Å². The van der Waals surface area contributed by atoms with Gasteiger partial charge in [0.15, 0.2) is 6.33 Å². The number of hydrogen-bond donors (Lipinski definition) is 0. The van der Waals surface area contributed by atoms with E-state index >= 15 is 0 Å². The molecule has 0 aliphatic heterocycles. The van der Waals surface area contributed by atoms with E-state index in [0.717, 1.165) is 32.9 Å². The monoisotopic (exact) mass is 418 g/mol. The molecule has 3 aromatic heterocycles. The van der Waals surface area contributed by atoms with Gasteiger partial charge in [0.05, 0.1) is 23.4 Å². The molecule has 32 heavy (non-hydrogen) atoms. The Morgan fingerprint density at radius 1 is 0.656 bits per heavy atom.